The van der Waals surface area contributed by atoms with E-state index >= 15 is 0 Å². The van der Waals surface area contributed by atoms with E-state index in [0.29, 0.717) is 29.8 Å². The minimum absolute atomic E-state index is 0.110. The molecule has 2 N–H and O–H groups in total. The molecule has 0 radical (unpaired) electrons. The van der Waals surface area contributed by atoms with Crippen LogP contribution in [0, 0.1) is 0 Å². The van der Waals surface area contributed by atoms with Crippen molar-refractivity contribution < 1.29 is 24.5 Å². The number of carboxylic acid groups (broad SMARTS) is 1. The first-order valence-electron chi connectivity index (χ1n) is 12.9. The van der Waals surface area contributed by atoms with Crippen LogP contribution in [-0.4, -0.2) is 42.7 Å². The number of aliphatic hydroxyl groups is 1. The molecule has 3 aliphatic heterocycles. The van der Waals surface area contributed by atoms with Crippen molar-refractivity contribution >= 4 is 44.4 Å². The van der Waals surface area contributed by atoms with Gasteiger partial charge >= 0.3 is 11.9 Å². The molecule has 10 heteroatoms. The van der Waals surface area contributed by atoms with Gasteiger partial charge in [0.1, 0.15) is 6.61 Å². The second-order valence-corrected chi connectivity index (χ2v) is 12.5. The molecule has 0 amide bonds. The van der Waals surface area contributed by atoms with E-state index in [0.717, 1.165) is 40.3 Å². The fourth-order valence-corrected chi connectivity index (χ4v) is 8.17. The molecule has 1 saturated heterocycles. The van der Waals surface area contributed by atoms with Crippen LogP contribution in [0.3, 0.4) is 0 Å². The summed E-state index contributed by atoms with van der Waals surface area (Å²) in [4.78, 5) is 40.1. The van der Waals surface area contributed by atoms with Crippen molar-refractivity contribution in [3.8, 4) is 11.4 Å². The van der Waals surface area contributed by atoms with Crippen LogP contribution in [0.25, 0.3) is 22.3 Å². The summed E-state index contributed by atoms with van der Waals surface area (Å²) in [6.45, 7) is 2.01. The third-order valence-electron chi connectivity index (χ3n) is 7.31. The zero-order valence-corrected chi connectivity index (χ0v) is 22.8. The number of rotatable bonds is 6. The molecule has 1 aromatic carbocycles. The number of unbranched alkanes of at least 4 members (excludes halogenated alkanes) is 1. The number of nitrogens with zero attached hydrogens (tertiary/aromatic N) is 2. The third-order valence-corrected chi connectivity index (χ3v) is 10.3. The number of carboxylic acids is 1. The van der Waals surface area contributed by atoms with Gasteiger partial charge in [0.05, 0.1) is 29.0 Å². The minimum atomic E-state index is -1.79. The Hall–Kier alpha value is -2.82. The molecule has 2 aromatic heterocycles. The Morgan fingerprint density at radius 3 is 2.79 bits per heavy atom. The fourth-order valence-electron chi connectivity index (χ4n) is 5.14. The van der Waals surface area contributed by atoms with Crippen LogP contribution in [0.1, 0.15) is 62.1 Å². The van der Waals surface area contributed by atoms with Crippen LogP contribution in [0.15, 0.2) is 41.2 Å². The highest BCUT2D eigenvalue weighted by Gasteiger charge is 2.45. The lowest BCUT2D eigenvalue weighted by Crippen LogP contribution is -2.44. The van der Waals surface area contributed by atoms with Gasteiger partial charge in [-0.2, -0.15) is 0 Å². The van der Waals surface area contributed by atoms with E-state index in [4.69, 9.17) is 14.8 Å². The Kier molecular flexibility index (Phi) is 7.83. The van der Waals surface area contributed by atoms with Gasteiger partial charge in [0, 0.05) is 33.9 Å². The lowest BCUT2D eigenvalue weighted by atomic mass is 9.86. The van der Waals surface area contributed by atoms with Crippen LogP contribution in [0.4, 0.5) is 0 Å². The van der Waals surface area contributed by atoms with Gasteiger partial charge in [0.25, 0.3) is 5.56 Å². The number of aliphatic carboxylic acids is 1. The Balaban J connectivity index is 0.000000207. The molecule has 0 spiro atoms. The number of benzene rings is 1. The van der Waals surface area contributed by atoms with Gasteiger partial charge in [-0.05, 0) is 43.9 Å². The second-order valence-electron chi connectivity index (χ2n) is 9.76. The first-order chi connectivity index (χ1) is 18.3. The molecule has 5 heterocycles. The molecule has 0 bridgehead atoms. The van der Waals surface area contributed by atoms with E-state index in [1.54, 1.807) is 17.6 Å². The van der Waals surface area contributed by atoms with Gasteiger partial charge in [0.2, 0.25) is 0 Å². The maximum Gasteiger partial charge on any atom is 0.343 e. The molecule has 0 unspecified atom stereocenters. The average molecular weight is 555 g/mol. The second kappa shape index (κ2) is 11.1. The molecule has 2 atom stereocenters. The van der Waals surface area contributed by atoms with E-state index in [1.807, 2.05) is 51.9 Å². The van der Waals surface area contributed by atoms with E-state index < -0.39 is 17.5 Å². The molecule has 38 heavy (non-hydrogen) atoms. The van der Waals surface area contributed by atoms with Crippen molar-refractivity contribution in [1.29, 1.82) is 0 Å². The van der Waals surface area contributed by atoms with Crippen molar-refractivity contribution in [3.63, 3.8) is 0 Å². The topological polar surface area (TPSA) is 119 Å². The molecule has 8 nitrogen and oxygen atoms in total. The first-order valence-corrected chi connectivity index (χ1v) is 15.3. The van der Waals surface area contributed by atoms with Gasteiger partial charge in [-0.1, -0.05) is 53.1 Å². The number of hydrogen-bond donors (Lipinski definition) is 2. The van der Waals surface area contributed by atoms with Crippen LogP contribution in [0.5, 0.6) is 0 Å². The Morgan fingerprint density at radius 2 is 2.05 bits per heavy atom. The summed E-state index contributed by atoms with van der Waals surface area (Å²) in [5.74, 6) is -0.0983. The number of para-hydroxylation sites is 1. The monoisotopic (exact) mass is 554 g/mol. The normalized spacial score (nSPS) is 21.2. The zero-order valence-electron chi connectivity index (χ0n) is 21.1. The SMILES string of the molecule is CC[C@@]1(O)C(=O)OCc2c1cc1n(c2=O)Cc2cc3ccccc3nc2-1.O=C(O)CCCC[C@@H]1CCSS1. The van der Waals surface area contributed by atoms with Crippen molar-refractivity contribution in [2.24, 2.45) is 0 Å². The van der Waals surface area contributed by atoms with Gasteiger partial charge in [-0.15, -0.1) is 0 Å². The Bertz CT molecular complexity index is 1450. The number of fused-ring (bicyclic) bond motifs is 5. The van der Waals surface area contributed by atoms with Crippen LogP contribution >= 0.6 is 21.6 Å². The van der Waals surface area contributed by atoms with Crippen LogP contribution in [0.2, 0.25) is 0 Å². The first kappa shape index (κ1) is 26.8. The Labute approximate surface area is 228 Å². The molecule has 0 aliphatic carbocycles. The number of ether oxygens (including phenoxy) is 1. The standard InChI is InChI=1S/C20H16N2O4.C8H14O2S2/c1-2-20(25)14-8-16-17-12(7-11-5-3-4-6-15(11)21-17)9-22(16)18(23)13(14)10-26-19(20)24;9-8(10)4-2-1-3-7-5-6-11-12-7/h3-8,25H,2,9-10H2,1H3;7H,1-6H2,(H,9,10)/t20-;7-/m01/s1. The average Bonchev–Trinajstić information content (AvgIpc) is 3.56. The summed E-state index contributed by atoms with van der Waals surface area (Å²) < 4.78 is 6.72. The molecule has 3 aliphatic rings. The smallest absolute Gasteiger partial charge is 0.343 e. The Morgan fingerprint density at radius 1 is 1.24 bits per heavy atom. The summed E-state index contributed by atoms with van der Waals surface area (Å²) in [5.41, 5.74) is 1.81. The highest BCUT2D eigenvalue weighted by atomic mass is 33.1. The van der Waals surface area contributed by atoms with E-state index in [-0.39, 0.29) is 18.6 Å². The predicted octanol–water partition coefficient (Wildman–Crippen LogP) is 4.86. The fraction of sp³-hybridized carbons (Fsp3) is 0.429. The number of hydrogen-bond acceptors (Lipinski definition) is 8. The van der Waals surface area contributed by atoms with E-state index in [9.17, 15) is 19.5 Å². The van der Waals surface area contributed by atoms with Crippen molar-refractivity contribution in [1.82, 2.24) is 9.55 Å². The van der Waals surface area contributed by atoms with Gasteiger partial charge in [0.15, 0.2) is 5.60 Å². The zero-order chi connectivity index (χ0) is 26.9. The van der Waals surface area contributed by atoms with E-state index in [2.05, 4.69) is 0 Å². The van der Waals surface area contributed by atoms with Crippen LogP contribution in [-0.2, 0) is 33.1 Å². The quantitative estimate of drug-likeness (QED) is 0.196. The van der Waals surface area contributed by atoms with Crippen molar-refractivity contribution in [2.45, 2.75) is 69.5 Å². The summed E-state index contributed by atoms with van der Waals surface area (Å²) in [6.07, 6.45) is 4.90. The highest BCUT2D eigenvalue weighted by molar-refractivity contribution is 8.77. The lowest BCUT2D eigenvalue weighted by Gasteiger charge is -2.31. The number of aromatic nitrogens is 2. The van der Waals surface area contributed by atoms with Crippen molar-refractivity contribution in [2.75, 3.05) is 5.75 Å². The number of pyridine rings is 2. The minimum Gasteiger partial charge on any atom is -0.481 e. The molecule has 0 saturated carbocycles. The molecular weight excluding hydrogens is 524 g/mol. The summed E-state index contributed by atoms with van der Waals surface area (Å²) >= 11 is 0. The van der Waals surface area contributed by atoms with Gasteiger partial charge < -0.3 is 19.5 Å². The number of carbonyl (C=O) groups is 2. The summed E-state index contributed by atoms with van der Waals surface area (Å²) in [6, 6.07) is 11.6. The summed E-state index contributed by atoms with van der Waals surface area (Å²) in [7, 11) is 3.92. The predicted molar refractivity (Wildman–Crippen MR) is 149 cm³/mol. The number of carbonyl (C=O) groups excluding carboxylic acids is 1. The molecule has 1 fully saturated rings. The van der Waals surface area contributed by atoms with Crippen molar-refractivity contribution in [3.05, 3.63) is 63.4 Å². The van der Waals surface area contributed by atoms with Gasteiger partial charge in [-0.3, -0.25) is 9.59 Å². The van der Waals surface area contributed by atoms with Crippen LogP contribution < -0.4 is 5.56 Å². The molecule has 6 rings (SSSR count). The molecule has 200 valence electrons. The maximum atomic E-state index is 13.0. The third kappa shape index (κ3) is 5.09. The van der Waals surface area contributed by atoms with Gasteiger partial charge in [-0.25, -0.2) is 9.78 Å². The maximum absolute atomic E-state index is 13.0. The largest absolute Gasteiger partial charge is 0.481 e. The molecular formula is C28H30N2O6S2. The highest BCUT2D eigenvalue weighted by Crippen LogP contribution is 2.40. The molecule has 3 aromatic rings. The lowest BCUT2D eigenvalue weighted by molar-refractivity contribution is -0.172. The number of cyclic esters (lactones) is 1. The summed E-state index contributed by atoms with van der Waals surface area (Å²) in [5, 5.41) is 21.0. The van der Waals surface area contributed by atoms with E-state index in [1.165, 1.54) is 18.6 Å². The number of esters is 1.